The van der Waals surface area contributed by atoms with Gasteiger partial charge in [-0.25, -0.2) is 8.42 Å². The summed E-state index contributed by atoms with van der Waals surface area (Å²) in [5.41, 5.74) is 2.77. The Morgan fingerprint density at radius 1 is 1.06 bits per heavy atom. The third-order valence-corrected chi connectivity index (χ3v) is 8.62. The third-order valence-electron chi connectivity index (χ3n) is 6.60. The summed E-state index contributed by atoms with van der Waals surface area (Å²) in [4.78, 5) is 15.1. The standard InChI is InChI=1S/C25H32N2O5S/c1-17-7-9-27(10-8-17)33(29,30)24-15-21(13-18(2)19(24)3)25(28)26(4)16-20-5-6-22-23(14-20)32-12-11-31-22/h5-6,13-15,17H,7-12,16H2,1-4H3. The summed E-state index contributed by atoms with van der Waals surface area (Å²) in [5, 5.41) is 0. The minimum absolute atomic E-state index is 0.225. The van der Waals surface area contributed by atoms with Gasteiger partial charge in [0.05, 0.1) is 4.90 Å². The molecule has 0 aromatic heterocycles. The van der Waals surface area contributed by atoms with Gasteiger partial charge in [0.25, 0.3) is 5.91 Å². The van der Waals surface area contributed by atoms with Crippen LogP contribution in [0.4, 0.5) is 0 Å². The average Bonchev–Trinajstić information content (AvgIpc) is 2.80. The van der Waals surface area contributed by atoms with Gasteiger partial charge in [0.1, 0.15) is 13.2 Å². The molecule has 0 saturated carbocycles. The van der Waals surface area contributed by atoms with Gasteiger partial charge in [0.15, 0.2) is 11.5 Å². The van der Waals surface area contributed by atoms with Gasteiger partial charge in [-0.1, -0.05) is 13.0 Å². The molecule has 7 nitrogen and oxygen atoms in total. The molecule has 1 amide bonds. The number of nitrogens with zero attached hydrogens (tertiary/aromatic N) is 2. The van der Waals surface area contributed by atoms with E-state index in [0.29, 0.717) is 61.4 Å². The van der Waals surface area contributed by atoms with E-state index >= 15 is 0 Å². The van der Waals surface area contributed by atoms with E-state index in [9.17, 15) is 13.2 Å². The third kappa shape index (κ3) is 4.87. The van der Waals surface area contributed by atoms with Crippen molar-refractivity contribution in [3.8, 4) is 11.5 Å². The van der Waals surface area contributed by atoms with E-state index in [1.54, 1.807) is 28.4 Å². The van der Waals surface area contributed by atoms with Crippen LogP contribution < -0.4 is 9.47 Å². The summed E-state index contributed by atoms with van der Waals surface area (Å²) in [6.45, 7) is 8.24. The predicted octanol–water partition coefficient (Wildman–Crippen LogP) is 3.77. The van der Waals surface area contributed by atoms with E-state index in [4.69, 9.17) is 9.47 Å². The van der Waals surface area contributed by atoms with Crippen molar-refractivity contribution in [3.05, 3.63) is 52.6 Å². The lowest BCUT2D eigenvalue weighted by atomic mass is 10.0. The van der Waals surface area contributed by atoms with Crippen molar-refractivity contribution in [2.24, 2.45) is 5.92 Å². The van der Waals surface area contributed by atoms with Crippen molar-refractivity contribution in [1.82, 2.24) is 9.21 Å². The van der Waals surface area contributed by atoms with Crippen LogP contribution in [0.15, 0.2) is 35.2 Å². The quantitative estimate of drug-likeness (QED) is 0.662. The van der Waals surface area contributed by atoms with Gasteiger partial charge < -0.3 is 14.4 Å². The highest BCUT2D eigenvalue weighted by Crippen LogP contribution is 2.32. The summed E-state index contributed by atoms with van der Waals surface area (Å²) in [7, 11) is -1.94. The van der Waals surface area contributed by atoms with Crippen LogP contribution in [0.3, 0.4) is 0 Å². The van der Waals surface area contributed by atoms with Crippen molar-refractivity contribution in [2.75, 3.05) is 33.4 Å². The fourth-order valence-corrected chi connectivity index (χ4v) is 6.13. The van der Waals surface area contributed by atoms with Crippen LogP contribution in [0.1, 0.15) is 46.8 Å². The van der Waals surface area contributed by atoms with Crippen molar-refractivity contribution in [2.45, 2.75) is 45.1 Å². The topological polar surface area (TPSA) is 76.1 Å². The first kappa shape index (κ1) is 23.6. The number of sulfonamides is 1. The molecule has 0 unspecified atom stereocenters. The SMILES string of the molecule is Cc1cc(C(=O)N(C)Cc2ccc3c(c2)OCCO3)cc(S(=O)(=O)N2CCC(C)CC2)c1C. The summed E-state index contributed by atoms with van der Waals surface area (Å²) in [6, 6.07) is 8.95. The zero-order chi connectivity index (χ0) is 23.8. The molecule has 0 atom stereocenters. The number of rotatable bonds is 5. The van der Waals surface area contributed by atoms with Gasteiger partial charge in [0, 0.05) is 32.2 Å². The summed E-state index contributed by atoms with van der Waals surface area (Å²) < 4.78 is 39.6. The van der Waals surface area contributed by atoms with Gasteiger partial charge in [-0.3, -0.25) is 4.79 Å². The molecule has 0 aliphatic carbocycles. The molecule has 178 valence electrons. The number of hydrogen-bond acceptors (Lipinski definition) is 5. The van der Waals surface area contributed by atoms with Gasteiger partial charge in [-0.05, 0) is 73.6 Å². The minimum Gasteiger partial charge on any atom is -0.486 e. The Morgan fingerprint density at radius 3 is 2.42 bits per heavy atom. The maximum Gasteiger partial charge on any atom is 0.253 e. The molecular formula is C25H32N2O5S. The molecule has 33 heavy (non-hydrogen) atoms. The predicted molar refractivity (Wildman–Crippen MR) is 126 cm³/mol. The molecule has 0 N–H and O–H groups in total. The fraction of sp³-hybridized carbons (Fsp3) is 0.480. The lowest BCUT2D eigenvalue weighted by molar-refractivity contribution is 0.0784. The number of hydrogen-bond donors (Lipinski definition) is 0. The molecule has 2 aromatic carbocycles. The molecule has 0 bridgehead atoms. The Morgan fingerprint density at radius 2 is 1.73 bits per heavy atom. The highest BCUT2D eigenvalue weighted by Gasteiger charge is 2.30. The van der Waals surface area contributed by atoms with Crippen molar-refractivity contribution < 1.29 is 22.7 Å². The molecule has 2 heterocycles. The Kier molecular flexibility index (Phi) is 6.68. The summed E-state index contributed by atoms with van der Waals surface area (Å²) in [5.74, 6) is 1.68. The smallest absolute Gasteiger partial charge is 0.253 e. The van der Waals surface area contributed by atoms with Gasteiger partial charge >= 0.3 is 0 Å². The molecule has 2 aromatic rings. The van der Waals surface area contributed by atoms with E-state index in [1.807, 2.05) is 32.0 Å². The van der Waals surface area contributed by atoms with Crippen LogP contribution in [-0.2, 0) is 16.6 Å². The van der Waals surface area contributed by atoms with E-state index in [2.05, 4.69) is 6.92 Å². The first-order chi connectivity index (χ1) is 15.7. The van der Waals surface area contributed by atoms with E-state index in [1.165, 1.54) is 0 Å². The van der Waals surface area contributed by atoms with E-state index in [-0.39, 0.29) is 10.8 Å². The van der Waals surface area contributed by atoms with Gasteiger partial charge in [-0.15, -0.1) is 0 Å². The number of carbonyl (C=O) groups excluding carboxylic acids is 1. The number of aryl methyl sites for hydroxylation is 1. The highest BCUT2D eigenvalue weighted by atomic mass is 32.2. The van der Waals surface area contributed by atoms with Crippen molar-refractivity contribution >= 4 is 15.9 Å². The molecule has 0 radical (unpaired) electrons. The van der Waals surface area contributed by atoms with Gasteiger partial charge in [-0.2, -0.15) is 4.31 Å². The Labute approximate surface area is 196 Å². The van der Waals surface area contributed by atoms with Crippen molar-refractivity contribution in [1.29, 1.82) is 0 Å². The largest absolute Gasteiger partial charge is 0.486 e. The first-order valence-electron chi connectivity index (χ1n) is 11.4. The number of amides is 1. The number of benzene rings is 2. The lowest BCUT2D eigenvalue weighted by Crippen LogP contribution is -2.38. The molecule has 4 rings (SSSR count). The first-order valence-corrected chi connectivity index (χ1v) is 12.9. The second kappa shape index (κ2) is 9.35. The number of fused-ring (bicyclic) bond motifs is 1. The van der Waals surface area contributed by atoms with E-state index in [0.717, 1.165) is 24.0 Å². The minimum atomic E-state index is -3.66. The number of piperidine rings is 1. The Hall–Kier alpha value is -2.58. The van der Waals surface area contributed by atoms with Crippen LogP contribution in [0.5, 0.6) is 11.5 Å². The molecule has 0 spiro atoms. The van der Waals surface area contributed by atoms with Crippen LogP contribution in [-0.4, -0.2) is 56.9 Å². The summed E-state index contributed by atoms with van der Waals surface area (Å²) >= 11 is 0. The molecule has 8 heteroatoms. The molecule has 1 saturated heterocycles. The summed E-state index contributed by atoms with van der Waals surface area (Å²) in [6.07, 6.45) is 1.71. The van der Waals surface area contributed by atoms with Crippen LogP contribution >= 0.6 is 0 Å². The van der Waals surface area contributed by atoms with E-state index < -0.39 is 10.0 Å². The lowest BCUT2D eigenvalue weighted by Gasteiger charge is -2.30. The van der Waals surface area contributed by atoms with Gasteiger partial charge in [0.2, 0.25) is 10.0 Å². The van der Waals surface area contributed by atoms with Crippen molar-refractivity contribution in [3.63, 3.8) is 0 Å². The zero-order valence-electron chi connectivity index (χ0n) is 19.8. The Balaban J connectivity index is 1.57. The second-order valence-electron chi connectivity index (χ2n) is 9.14. The maximum absolute atomic E-state index is 13.4. The molecule has 2 aliphatic rings. The molecule has 1 fully saturated rings. The monoisotopic (exact) mass is 472 g/mol. The zero-order valence-corrected chi connectivity index (χ0v) is 20.6. The highest BCUT2D eigenvalue weighted by molar-refractivity contribution is 7.89. The molecule has 2 aliphatic heterocycles. The van der Waals surface area contributed by atoms with Crippen LogP contribution in [0.2, 0.25) is 0 Å². The second-order valence-corrected chi connectivity index (χ2v) is 11.0. The molecular weight excluding hydrogens is 440 g/mol. The normalized spacial score (nSPS) is 17.1. The average molecular weight is 473 g/mol. The van der Waals surface area contributed by atoms with Crippen LogP contribution in [0.25, 0.3) is 0 Å². The number of ether oxygens (including phenoxy) is 2. The maximum atomic E-state index is 13.4. The van der Waals surface area contributed by atoms with Crippen LogP contribution in [0, 0.1) is 19.8 Å². The Bertz CT molecular complexity index is 1150. The fourth-order valence-electron chi connectivity index (χ4n) is 4.33. The number of carbonyl (C=O) groups is 1.